The number of hydrogen-bond donors (Lipinski definition) is 0. The topological polar surface area (TPSA) is 55.8 Å². The average molecular weight is 589 g/mol. The fraction of sp³-hybridized carbons (Fsp3) is 0.161. The lowest BCUT2D eigenvalue weighted by atomic mass is 10.1. The Morgan fingerprint density at radius 2 is 1.68 bits per heavy atom. The van der Waals surface area contributed by atoms with Crippen LogP contribution in [0.15, 0.2) is 94.3 Å². The first-order valence-corrected chi connectivity index (χ1v) is 14.0. The van der Waals surface area contributed by atoms with E-state index in [1.807, 2.05) is 67.6 Å². The number of rotatable bonds is 9. The Kier molecular flexibility index (Phi) is 8.15. The summed E-state index contributed by atoms with van der Waals surface area (Å²) in [5, 5.41) is 2.05. The van der Waals surface area contributed by atoms with E-state index in [0.29, 0.717) is 47.1 Å². The van der Waals surface area contributed by atoms with E-state index in [2.05, 4.69) is 40.2 Å². The molecule has 1 fully saturated rings. The predicted octanol–water partition coefficient (Wildman–Crippen LogP) is 7.86. The van der Waals surface area contributed by atoms with Gasteiger partial charge in [-0.25, -0.2) is 0 Å². The van der Waals surface area contributed by atoms with Gasteiger partial charge in [-0.1, -0.05) is 72.8 Å². The van der Waals surface area contributed by atoms with Crippen molar-refractivity contribution in [1.29, 1.82) is 0 Å². The molecule has 38 heavy (non-hydrogen) atoms. The smallest absolute Gasteiger partial charge is 0.293 e. The van der Waals surface area contributed by atoms with Crippen molar-refractivity contribution < 1.29 is 19.1 Å². The fourth-order valence-corrected chi connectivity index (χ4v) is 5.81. The van der Waals surface area contributed by atoms with E-state index in [1.54, 1.807) is 6.08 Å². The largest absolute Gasteiger partial charge is 0.490 e. The third kappa shape index (κ3) is 5.79. The summed E-state index contributed by atoms with van der Waals surface area (Å²) in [7, 11) is 0. The monoisotopic (exact) mass is 587 g/mol. The van der Waals surface area contributed by atoms with Gasteiger partial charge in [0.25, 0.3) is 11.1 Å². The number of thioether (sulfide) groups is 1. The van der Waals surface area contributed by atoms with Crippen LogP contribution in [-0.4, -0.2) is 29.2 Å². The molecule has 0 radical (unpaired) electrons. The summed E-state index contributed by atoms with van der Waals surface area (Å²) in [4.78, 5) is 27.3. The second-order valence-electron chi connectivity index (χ2n) is 8.76. The maximum absolute atomic E-state index is 13.0. The molecule has 192 valence electrons. The van der Waals surface area contributed by atoms with Crippen LogP contribution in [0, 0.1) is 0 Å². The molecule has 0 unspecified atom stereocenters. The van der Waals surface area contributed by atoms with Crippen molar-refractivity contribution in [2.75, 3.05) is 13.2 Å². The molecule has 4 aromatic carbocycles. The number of fused-ring (bicyclic) bond motifs is 1. The van der Waals surface area contributed by atoms with Crippen molar-refractivity contribution in [3.8, 4) is 11.5 Å². The van der Waals surface area contributed by atoms with Gasteiger partial charge in [-0.05, 0) is 86.7 Å². The highest BCUT2D eigenvalue weighted by Gasteiger charge is 2.34. The summed E-state index contributed by atoms with van der Waals surface area (Å²) in [6, 6.07) is 27.9. The van der Waals surface area contributed by atoms with E-state index in [-0.39, 0.29) is 11.1 Å². The number of imide groups is 1. The van der Waals surface area contributed by atoms with Gasteiger partial charge in [0.1, 0.15) is 6.61 Å². The van der Waals surface area contributed by atoms with Crippen LogP contribution < -0.4 is 9.47 Å². The van der Waals surface area contributed by atoms with Gasteiger partial charge in [0.05, 0.1) is 16.0 Å². The number of hydrogen-bond acceptors (Lipinski definition) is 5. The Morgan fingerprint density at radius 1 is 0.921 bits per heavy atom. The van der Waals surface area contributed by atoms with Crippen molar-refractivity contribution in [2.45, 2.75) is 20.0 Å². The van der Waals surface area contributed by atoms with Crippen LogP contribution in [0.5, 0.6) is 11.5 Å². The predicted molar refractivity (Wildman–Crippen MR) is 156 cm³/mol. The van der Waals surface area contributed by atoms with Crippen molar-refractivity contribution in [3.63, 3.8) is 0 Å². The molecule has 0 aromatic heterocycles. The van der Waals surface area contributed by atoms with Gasteiger partial charge in [-0.15, -0.1) is 0 Å². The van der Waals surface area contributed by atoms with Crippen LogP contribution in [0.1, 0.15) is 23.6 Å². The minimum absolute atomic E-state index is 0.253. The molecular formula is C31H26BrNO4S. The molecule has 0 bridgehead atoms. The third-order valence-corrected chi connectivity index (χ3v) is 7.72. The van der Waals surface area contributed by atoms with Gasteiger partial charge < -0.3 is 9.47 Å². The van der Waals surface area contributed by atoms with E-state index >= 15 is 0 Å². The summed E-state index contributed by atoms with van der Waals surface area (Å²) < 4.78 is 12.9. The number of ether oxygens (including phenoxy) is 2. The van der Waals surface area contributed by atoms with Gasteiger partial charge in [0.15, 0.2) is 11.5 Å². The molecule has 2 amide bonds. The summed E-state index contributed by atoms with van der Waals surface area (Å²) in [5.74, 6) is 0.880. The Bertz CT molecular complexity index is 1510. The Balaban J connectivity index is 1.35. The first-order valence-electron chi connectivity index (χ1n) is 12.4. The standard InChI is InChI=1S/C31H26BrNO4S/c1-2-36-27-18-22(19-28-30(34)33(31(35)38-28)16-15-21-9-4-3-5-10-21)17-26(32)29(27)37-20-24-13-8-12-23-11-6-7-14-25(23)24/h3-14,17-19H,2,15-16,20H2,1H3/b28-19+. The number of amides is 2. The number of halogens is 1. The second kappa shape index (κ2) is 11.9. The van der Waals surface area contributed by atoms with Crippen molar-refractivity contribution in [1.82, 2.24) is 4.90 Å². The van der Waals surface area contributed by atoms with Gasteiger partial charge in [0, 0.05) is 6.54 Å². The Hall–Kier alpha value is -3.55. The maximum Gasteiger partial charge on any atom is 0.293 e. The van der Waals surface area contributed by atoms with Crippen molar-refractivity contribution in [3.05, 3.63) is 111 Å². The SMILES string of the molecule is CCOc1cc(/C=C2/SC(=O)N(CCc3ccccc3)C2=O)cc(Br)c1OCc1cccc2ccccc12. The van der Waals surface area contributed by atoms with Crippen LogP contribution >= 0.6 is 27.7 Å². The lowest BCUT2D eigenvalue weighted by Crippen LogP contribution is -2.30. The van der Waals surface area contributed by atoms with Gasteiger partial charge in [0.2, 0.25) is 0 Å². The molecule has 1 aliphatic heterocycles. The molecule has 5 rings (SSSR count). The molecule has 0 spiro atoms. The average Bonchev–Trinajstić information content (AvgIpc) is 3.19. The van der Waals surface area contributed by atoms with E-state index in [4.69, 9.17) is 9.47 Å². The maximum atomic E-state index is 13.0. The number of carbonyl (C=O) groups is 2. The molecule has 0 N–H and O–H groups in total. The lowest BCUT2D eigenvalue weighted by Gasteiger charge is -2.16. The zero-order valence-corrected chi connectivity index (χ0v) is 23.3. The molecule has 0 saturated carbocycles. The molecule has 1 saturated heterocycles. The van der Waals surface area contributed by atoms with Crippen LogP contribution in [0.2, 0.25) is 0 Å². The second-order valence-corrected chi connectivity index (χ2v) is 10.6. The molecule has 0 aliphatic carbocycles. The van der Waals surface area contributed by atoms with E-state index < -0.39 is 0 Å². The van der Waals surface area contributed by atoms with Gasteiger partial charge in [-0.2, -0.15) is 0 Å². The van der Waals surface area contributed by atoms with E-state index in [9.17, 15) is 9.59 Å². The fourth-order valence-electron chi connectivity index (χ4n) is 4.37. The summed E-state index contributed by atoms with van der Waals surface area (Å²) >= 11 is 4.59. The van der Waals surface area contributed by atoms with Crippen LogP contribution in [0.4, 0.5) is 4.79 Å². The normalized spacial score (nSPS) is 14.5. The summed E-state index contributed by atoms with van der Waals surface area (Å²) in [6.45, 7) is 3.09. The first kappa shape index (κ1) is 26.1. The number of benzene rings is 4. The zero-order valence-electron chi connectivity index (χ0n) is 20.9. The summed E-state index contributed by atoms with van der Waals surface area (Å²) in [5.41, 5.74) is 2.90. The van der Waals surface area contributed by atoms with Gasteiger partial charge in [-0.3, -0.25) is 14.5 Å². The van der Waals surface area contributed by atoms with Crippen molar-refractivity contribution in [2.24, 2.45) is 0 Å². The van der Waals surface area contributed by atoms with Crippen LogP contribution in [-0.2, 0) is 17.8 Å². The molecular weight excluding hydrogens is 562 g/mol. The third-order valence-electron chi connectivity index (χ3n) is 6.22. The molecule has 5 nitrogen and oxygen atoms in total. The van der Waals surface area contributed by atoms with Crippen LogP contribution in [0.25, 0.3) is 16.8 Å². The molecule has 7 heteroatoms. The highest BCUT2D eigenvalue weighted by atomic mass is 79.9. The molecule has 4 aromatic rings. The Labute approximate surface area is 234 Å². The summed E-state index contributed by atoms with van der Waals surface area (Å²) in [6.07, 6.45) is 2.35. The molecule has 0 atom stereocenters. The Morgan fingerprint density at radius 3 is 2.50 bits per heavy atom. The zero-order chi connectivity index (χ0) is 26.5. The van der Waals surface area contributed by atoms with E-state index in [0.717, 1.165) is 39.2 Å². The lowest BCUT2D eigenvalue weighted by molar-refractivity contribution is -0.122. The molecule has 1 aliphatic rings. The minimum atomic E-state index is -0.277. The highest BCUT2D eigenvalue weighted by Crippen LogP contribution is 2.40. The minimum Gasteiger partial charge on any atom is -0.490 e. The van der Waals surface area contributed by atoms with Gasteiger partial charge >= 0.3 is 0 Å². The number of nitrogens with zero attached hydrogens (tertiary/aromatic N) is 1. The van der Waals surface area contributed by atoms with Crippen molar-refractivity contribution >= 4 is 55.7 Å². The first-order chi connectivity index (χ1) is 18.5. The molecule has 1 heterocycles. The van der Waals surface area contributed by atoms with Crippen LogP contribution in [0.3, 0.4) is 0 Å². The van der Waals surface area contributed by atoms with E-state index in [1.165, 1.54) is 4.90 Å². The number of carbonyl (C=O) groups excluding carboxylic acids is 2. The quantitative estimate of drug-likeness (QED) is 0.186. The highest BCUT2D eigenvalue weighted by molar-refractivity contribution is 9.10.